The fraction of sp³-hybridized carbons (Fsp3) is 0.294. The van der Waals surface area contributed by atoms with E-state index < -0.39 is 0 Å². The molecule has 4 rings (SSSR count). The smallest absolute Gasteiger partial charge is 0.0817 e. The SMILES string of the molecule is Cc1nc2ccccc2c2nc3c(cc12)CCCC3. The van der Waals surface area contributed by atoms with Crippen LogP contribution < -0.4 is 0 Å². The number of hydrogen-bond acceptors (Lipinski definition) is 2. The summed E-state index contributed by atoms with van der Waals surface area (Å²) in [6.45, 7) is 2.09. The lowest BCUT2D eigenvalue weighted by atomic mass is 9.94. The molecule has 0 radical (unpaired) electrons. The molecule has 1 aliphatic carbocycles. The minimum Gasteiger partial charge on any atom is -0.252 e. The van der Waals surface area contributed by atoms with Gasteiger partial charge < -0.3 is 0 Å². The molecule has 1 aromatic carbocycles. The number of aryl methyl sites for hydroxylation is 3. The van der Waals surface area contributed by atoms with Gasteiger partial charge in [-0.1, -0.05) is 18.2 Å². The number of nitrogens with zero attached hydrogens (tertiary/aromatic N) is 2. The second-order valence-electron chi connectivity index (χ2n) is 5.41. The molecule has 3 aromatic rings. The van der Waals surface area contributed by atoms with Gasteiger partial charge in [-0.15, -0.1) is 0 Å². The summed E-state index contributed by atoms with van der Waals surface area (Å²) in [5.74, 6) is 0. The Balaban J connectivity index is 2.16. The van der Waals surface area contributed by atoms with Crippen molar-refractivity contribution in [1.82, 2.24) is 9.97 Å². The Bertz CT molecular complexity index is 790. The van der Waals surface area contributed by atoms with Crippen molar-refractivity contribution in [2.24, 2.45) is 0 Å². The van der Waals surface area contributed by atoms with Crippen LogP contribution in [0.15, 0.2) is 30.3 Å². The first-order valence-corrected chi connectivity index (χ1v) is 7.01. The molecule has 1 aliphatic rings. The zero-order valence-corrected chi connectivity index (χ0v) is 11.1. The van der Waals surface area contributed by atoms with Crippen molar-refractivity contribution in [3.8, 4) is 0 Å². The van der Waals surface area contributed by atoms with Crippen LogP contribution in [-0.2, 0) is 12.8 Å². The summed E-state index contributed by atoms with van der Waals surface area (Å²) in [6, 6.07) is 10.6. The van der Waals surface area contributed by atoms with Crippen LogP contribution >= 0.6 is 0 Å². The van der Waals surface area contributed by atoms with Gasteiger partial charge in [-0.2, -0.15) is 0 Å². The Labute approximate surface area is 112 Å². The summed E-state index contributed by atoms with van der Waals surface area (Å²) < 4.78 is 0. The summed E-state index contributed by atoms with van der Waals surface area (Å²) in [6.07, 6.45) is 4.86. The van der Waals surface area contributed by atoms with E-state index in [4.69, 9.17) is 9.97 Å². The summed E-state index contributed by atoms with van der Waals surface area (Å²) in [4.78, 5) is 9.68. The van der Waals surface area contributed by atoms with Crippen LogP contribution in [0, 0.1) is 6.92 Å². The fourth-order valence-corrected chi connectivity index (χ4v) is 3.13. The topological polar surface area (TPSA) is 25.8 Å². The van der Waals surface area contributed by atoms with Gasteiger partial charge in [0, 0.05) is 22.2 Å². The number of rotatable bonds is 0. The standard InChI is InChI=1S/C17H16N2/c1-11-14-10-12-6-2-4-8-15(12)19-17(14)13-7-3-5-9-16(13)18-11/h3,5,7,9-10H,2,4,6,8H2,1H3. The molecule has 0 saturated heterocycles. The van der Waals surface area contributed by atoms with E-state index in [0.717, 1.165) is 23.1 Å². The molecule has 94 valence electrons. The lowest BCUT2D eigenvalue weighted by molar-refractivity contribution is 0.671. The Hall–Kier alpha value is -1.96. The van der Waals surface area contributed by atoms with Crippen LogP contribution in [0.2, 0.25) is 0 Å². The van der Waals surface area contributed by atoms with Crippen LogP contribution in [0.5, 0.6) is 0 Å². The third kappa shape index (κ3) is 1.63. The number of benzene rings is 1. The maximum Gasteiger partial charge on any atom is 0.0817 e. The Kier molecular flexibility index (Phi) is 2.31. The van der Waals surface area contributed by atoms with E-state index in [1.54, 1.807) is 0 Å². The molecule has 0 unspecified atom stereocenters. The summed E-state index contributed by atoms with van der Waals surface area (Å²) >= 11 is 0. The molecule has 0 atom stereocenters. The zero-order chi connectivity index (χ0) is 12.8. The lowest BCUT2D eigenvalue weighted by Gasteiger charge is -2.16. The average Bonchev–Trinajstić information content (AvgIpc) is 2.46. The number of fused-ring (bicyclic) bond motifs is 4. The molecule has 19 heavy (non-hydrogen) atoms. The summed E-state index contributed by atoms with van der Waals surface area (Å²) in [5, 5.41) is 2.40. The first-order chi connectivity index (χ1) is 9.33. The maximum atomic E-state index is 4.96. The van der Waals surface area contributed by atoms with Crippen LogP contribution in [0.4, 0.5) is 0 Å². The van der Waals surface area contributed by atoms with Crippen molar-refractivity contribution < 1.29 is 0 Å². The highest BCUT2D eigenvalue weighted by molar-refractivity contribution is 6.04. The quantitative estimate of drug-likeness (QED) is 0.562. The fourth-order valence-electron chi connectivity index (χ4n) is 3.13. The van der Waals surface area contributed by atoms with E-state index in [1.165, 1.54) is 41.3 Å². The van der Waals surface area contributed by atoms with Crippen LogP contribution in [0.3, 0.4) is 0 Å². The van der Waals surface area contributed by atoms with Crippen LogP contribution in [0.1, 0.15) is 29.8 Å². The minimum absolute atomic E-state index is 1.05. The predicted molar refractivity (Wildman–Crippen MR) is 78.4 cm³/mol. The number of para-hydroxylation sites is 1. The molecule has 2 aromatic heterocycles. The largest absolute Gasteiger partial charge is 0.252 e. The number of pyridine rings is 2. The van der Waals surface area contributed by atoms with E-state index >= 15 is 0 Å². The van der Waals surface area contributed by atoms with Crippen LogP contribution in [-0.4, -0.2) is 9.97 Å². The van der Waals surface area contributed by atoms with Crippen LogP contribution in [0.25, 0.3) is 21.8 Å². The molecule has 0 fully saturated rings. The van der Waals surface area contributed by atoms with E-state index in [1.807, 2.05) is 6.07 Å². The number of aromatic nitrogens is 2. The van der Waals surface area contributed by atoms with Gasteiger partial charge in [0.1, 0.15) is 0 Å². The second-order valence-corrected chi connectivity index (χ2v) is 5.41. The highest BCUT2D eigenvalue weighted by atomic mass is 14.8. The molecule has 0 spiro atoms. The van der Waals surface area contributed by atoms with Crippen molar-refractivity contribution in [2.45, 2.75) is 32.6 Å². The van der Waals surface area contributed by atoms with Gasteiger partial charge in [0.05, 0.1) is 11.0 Å². The van der Waals surface area contributed by atoms with E-state index in [0.29, 0.717) is 0 Å². The van der Waals surface area contributed by atoms with Gasteiger partial charge in [0.15, 0.2) is 0 Å². The molecule has 0 saturated carbocycles. The third-order valence-electron chi connectivity index (χ3n) is 4.14. The Morgan fingerprint density at radius 1 is 0.947 bits per heavy atom. The molecule has 2 heterocycles. The van der Waals surface area contributed by atoms with Gasteiger partial charge in [0.25, 0.3) is 0 Å². The van der Waals surface area contributed by atoms with Gasteiger partial charge in [-0.25, -0.2) is 0 Å². The third-order valence-corrected chi connectivity index (χ3v) is 4.14. The van der Waals surface area contributed by atoms with E-state index in [2.05, 4.69) is 31.2 Å². The molecular weight excluding hydrogens is 232 g/mol. The zero-order valence-electron chi connectivity index (χ0n) is 11.1. The van der Waals surface area contributed by atoms with Gasteiger partial charge in [0.2, 0.25) is 0 Å². The lowest BCUT2D eigenvalue weighted by Crippen LogP contribution is -2.06. The minimum atomic E-state index is 1.05. The molecule has 0 aliphatic heterocycles. The van der Waals surface area contributed by atoms with E-state index in [9.17, 15) is 0 Å². The molecule has 2 nitrogen and oxygen atoms in total. The highest BCUT2D eigenvalue weighted by Crippen LogP contribution is 2.29. The van der Waals surface area contributed by atoms with Crippen molar-refractivity contribution in [3.63, 3.8) is 0 Å². The molecular formula is C17H16N2. The molecule has 0 N–H and O–H groups in total. The van der Waals surface area contributed by atoms with Gasteiger partial charge in [-0.05, 0) is 50.3 Å². The first-order valence-electron chi connectivity index (χ1n) is 7.01. The second kappa shape index (κ2) is 4.02. The average molecular weight is 248 g/mol. The summed E-state index contributed by atoms with van der Waals surface area (Å²) in [5.41, 5.74) is 6.00. The van der Waals surface area contributed by atoms with Gasteiger partial charge in [-0.3, -0.25) is 9.97 Å². The summed E-state index contributed by atoms with van der Waals surface area (Å²) in [7, 11) is 0. The number of hydrogen-bond donors (Lipinski definition) is 0. The molecule has 0 bridgehead atoms. The highest BCUT2D eigenvalue weighted by Gasteiger charge is 2.14. The van der Waals surface area contributed by atoms with Crippen molar-refractivity contribution >= 4 is 21.8 Å². The van der Waals surface area contributed by atoms with Crippen molar-refractivity contribution in [2.75, 3.05) is 0 Å². The monoisotopic (exact) mass is 248 g/mol. The van der Waals surface area contributed by atoms with Gasteiger partial charge >= 0.3 is 0 Å². The van der Waals surface area contributed by atoms with E-state index in [-0.39, 0.29) is 0 Å². The first kappa shape index (κ1) is 10.9. The van der Waals surface area contributed by atoms with Crippen molar-refractivity contribution in [3.05, 3.63) is 47.3 Å². The predicted octanol–water partition coefficient (Wildman–Crippen LogP) is 3.97. The normalized spacial score (nSPS) is 14.8. The Morgan fingerprint density at radius 3 is 2.74 bits per heavy atom. The van der Waals surface area contributed by atoms with Crippen molar-refractivity contribution in [1.29, 1.82) is 0 Å². The molecule has 2 heteroatoms. The Morgan fingerprint density at radius 2 is 1.79 bits per heavy atom. The maximum absolute atomic E-state index is 4.96. The molecule has 0 amide bonds.